The Balaban J connectivity index is 4.30. The number of hydrogen-bond acceptors (Lipinski definition) is 1. The molecule has 1 atom stereocenters. The monoisotopic (exact) mass is 298 g/mol. The van der Waals surface area contributed by atoms with E-state index in [2.05, 4.69) is 34.6 Å². The van der Waals surface area contributed by atoms with E-state index < -0.39 is 0 Å². The van der Waals surface area contributed by atoms with Gasteiger partial charge in [-0.2, -0.15) is 0 Å². The first-order chi connectivity index (χ1) is 10.2. The highest BCUT2D eigenvalue weighted by Crippen LogP contribution is 2.38. The molecule has 0 bridgehead atoms. The van der Waals surface area contributed by atoms with E-state index in [9.17, 15) is 0 Å². The third kappa shape index (κ3) is 8.24. The lowest BCUT2D eigenvalue weighted by atomic mass is 9.73. The van der Waals surface area contributed by atoms with E-state index in [-0.39, 0.29) is 0 Å². The van der Waals surface area contributed by atoms with Crippen molar-refractivity contribution in [3.05, 3.63) is 0 Å². The quantitative estimate of drug-likeness (QED) is 0.292. The third-order valence-electron chi connectivity index (χ3n) is 5.43. The van der Waals surface area contributed by atoms with Crippen LogP contribution in [0.25, 0.3) is 0 Å². The van der Waals surface area contributed by atoms with Crippen LogP contribution in [0, 0.1) is 5.41 Å². The van der Waals surface area contributed by atoms with Gasteiger partial charge in [-0.3, -0.25) is 0 Å². The fourth-order valence-corrected chi connectivity index (χ4v) is 3.48. The van der Waals surface area contributed by atoms with E-state index in [1.807, 2.05) is 0 Å². The zero-order chi connectivity index (χ0) is 16.0. The van der Waals surface area contributed by atoms with Crippen LogP contribution < -0.4 is 0 Å². The SMILES string of the molecule is CCCCCCCCC(OCCCC)C(CC)(CC)CC. The molecule has 0 rings (SSSR count). The molecule has 0 heterocycles. The van der Waals surface area contributed by atoms with Crippen molar-refractivity contribution >= 4 is 0 Å². The van der Waals surface area contributed by atoms with Crippen molar-refractivity contribution < 1.29 is 4.74 Å². The lowest BCUT2D eigenvalue weighted by Gasteiger charge is -2.39. The number of hydrogen-bond donors (Lipinski definition) is 0. The van der Waals surface area contributed by atoms with E-state index in [4.69, 9.17) is 4.74 Å². The molecule has 0 radical (unpaired) electrons. The molecular weight excluding hydrogens is 256 g/mol. The molecule has 0 aromatic carbocycles. The minimum absolute atomic E-state index is 0.414. The van der Waals surface area contributed by atoms with Crippen LogP contribution in [0.4, 0.5) is 0 Å². The zero-order valence-electron chi connectivity index (χ0n) is 15.7. The van der Waals surface area contributed by atoms with E-state index in [0.717, 1.165) is 6.61 Å². The summed E-state index contributed by atoms with van der Waals surface area (Å²) in [5, 5.41) is 0. The minimum atomic E-state index is 0.414. The molecule has 0 fully saturated rings. The average Bonchev–Trinajstić information content (AvgIpc) is 2.52. The summed E-state index contributed by atoms with van der Waals surface area (Å²) >= 11 is 0. The smallest absolute Gasteiger partial charge is 0.0631 e. The Kier molecular flexibility index (Phi) is 13.6. The Morgan fingerprint density at radius 2 is 1.19 bits per heavy atom. The number of rotatable bonds is 15. The van der Waals surface area contributed by atoms with Crippen molar-refractivity contribution in [3.8, 4) is 0 Å². The highest BCUT2D eigenvalue weighted by Gasteiger charge is 2.34. The molecule has 0 aliphatic heterocycles. The summed E-state index contributed by atoms with van der Waals surface area (Å²) in [6.07, 6.45) is 16.3. The predicted molar refractivity (Wildman–Crippen MR) is 95.9 cm³/mol. The molecular formula is C20H42O. The molecule has 0 saturated heterocycles. The van der Waals surface area contributed by atoms with Crippen LogP contribution in [-0.2, 0) is 4.74 Å². The van der Waals surface area contributed by atoms with Gasteiger partial charge >= 0.3 is 0 Å². The van der Waals surface area contributed by atoms with Crippen LogP contribution in [0.5, 0.6) is 0 Å². The van der Waals surface area contributed by atoms with Crippen LogP contribution in [0.2, 0.25) is 0 Å². The van der Waals surface area contributed by atoms with Gasteiger partial charge in [-0.25, -0.2) is 0 Å². The summed E-state index contributed by atoms with van der Waals surface area (Å²) < 4.78 is 6.35. The largest absolute Gasteiger partial charge is 0.378 e. The normalized spacial score (nSPS) is 13.6. The van der Waals surface area contributed by atoms with Gasteiger partial charge in [-0.15, -0.1) is 0 Å². The minimum Gasteiger partial charge on any atom is -0.378 e. The Hall–Kier alpha value is -0.0400. The van der Waals surface area contributed by atoms with E-state index >= 15 is 0 Å². The fraction of sp³-hybridized carbons (Fsp3) is 1.00. The van der Waals surface area contributed by atoms with Crippen molar-refractivity contribution in [3.63, 3.8) is 0 Å². The summed E-state index contributed by atoms with van der Waals surface area (Å²) in [5.74, 6) is 0. The second-order valence-corrected chi connectivity index (χ2v) is 6.69. The molecule has 0 aliphatic rings. The van der Waals surface area contributed by atoms with Crippen molar-refractivity contribution in [2.75, 3.05) is 6.61 Å². The molecule has 1 unspecified atom stereocenters. The number of unbranched alkanes of at least 4 members (excludes halogenated alkanes) is 6. The molecule has 0 aromatic rings. The van der Waals surface area contributed by atoms with Gasteiger partial charge < -0.3 is 4.74 Å². The lowest BCUT2D eigenvalue weighted by molar-refractivity contribution is -0.0555. The highest BCUT2D eigenvalue weighted by molar-refractivity contribution is 4.84. The van der Waals surface area contributed by atoms with Gasteiger partial charge in [0, 0.05) is 6.61 Å². The van der Waals surface area contributed by atoms with Crippen molar-refractivity contribution in [2.45, 2.75) is 118 Å². The molecule has 0 N–H and O–H groups in total. The summed E-state index contributed by atoms with van der Waals surface area (Å²) in [6, 6.07) is 0. The maximum atomic E-state index is 6.35. The van der Waals surface area contributed by atoms with Gasteiger partial charge in [-0.1, -0.05) is 79.6 Å². The van der Waals surface area contributed by atoms with Crippen LogP contribution in [0.3, 0.4) is 0 Å². The molecule has 0 saturated carbocycles. The van der Waals surface area contributed by atoms with E-state index in [1.165, 1.54) is 77.0 Å². The van der Waals surface area contributed by atoms with Crippen LogP contribution >= 0.6 is 0 Å². The van der Waals surface area contributed by atoms with Gasteiger partial charge in [0.05, 0.1) is 6.10 Å². The summed E-state index contributed by atoms with van der Waals surface area (Å²) in [5.41, 5.74) is 0.414. The first kappa shape index (κ1) is 21.0. The Morgan fingerprint density at radius 1 is 0.667 bits per heavy atom. The van der Waals surface area contributed by atoms with Crippen molar-refractivity contribution in [2.24, 2.45) is 5.41 Å². The van der Waals surface area contributed by atoms with Crippen molar-refractivity contribution in [1.29, 1.82) is 0 Å². The Labute approximate surface area is 135 Å². The first-order valence-electron chi connectivity index (χ1n) is 9.82. The maximum absolute atomic E-state index is 6.35. The van der Waals surface area contributed by atoms with Gasteiger partial charge in [0.15, 0.2) is 0 Å². The topological polar surface area (TPSA) is 9.23 Å². The van der Waals surface area contributed by atoms with Gasteiger partial charge in [-0.05, 0) is 37.5 Å². The summed E-state index contributed by atoms with van der Waals surface area (Å²) in [6.45, 7) is 12.5. The molecule has 1 nitrogen and oxygen atoms in total. The Bertz CT molecular complexity index is 200. The molecule has 128 valence electrons. The molecule has 1 heteroatoms. The zero-order valence-corrected chi connectivity index (χ0v) is 15.7. The summed E-state index contributed by atoms with van der Waals surface area (Å²) in [7, 11) is 0. The molecule has 0 aliphatic carbocycles. The highest BCUT2D eigenvalue weighted by atomic mass is 16.5. The summed E-state index contributed by atoms with van der Waals surface area (Å²) in [4.78, 5) is 0. The van der Waals surface area contributed by atoms with Crippen LogP contribution in [0.1, 0.15) is 112 Å². The van der Waals surface area contributed by atoms with Crippen molar-refractivity contribution in [1.82, 2.24) is 0 Å². The van der Waals surface area contributed by atoms with Crippen LogP contribution in [0.15, 0.2) is 0 Å². The Morgan fingerprint density at radius 3 is 1.71 bits per heavy atom. The predicted octanol–water partition coefficient (Wildman–Crippen LogP) is 7.14. The van der Waals surface area contributed by atoms with Gasteiger partial charge in [0.25, 0.3) is 0 Å². The second-order valence-electron chi connectivity index (χ2n) is 6.69. The van der Waals surface area contributed by atoms with E-state index in [0.29, 0.717) is 11.5 Å². The average molecular weight is 299 g/mol. The fourth-order valence-electron chi connectivity index (χ4n) is 3.48. The second kappa shape index (κ2) is 13.6. The molecule has 21 heavy (non-hydrogen) atoms. The van der Waals surface area contributed by atoms with Gasteiger partial charge in [0.2, 0.25) is 0 Å². The molecule has 0 aromatic heterocycles. The molecule has 0 amide bonds. The lowest BCUT2D eigenvalue weighted by Crippen LogP contribution is -2.36. The van der Waals surface area contributed by atoms with Gasteiger partial charge in [0.1, 0.15) is 0 Å². The van der Waals surface area contributed by atoms with Crippen LogP contribution in [-0.4, -0.2) is 12.7 Å². The van der Waals surface area contributed by atoms with E-state index in [1.54, 1.807) is 0 Å². The number of ether oxygens (including phenoxy) is 1. The third-order valence-corrected chi connectivity index (χ3v) is 5.43. The molecule has 0 spiro atoms. The first-order valence-corrected chi connectivity index (χ1v) is 9.82. The standard InChI is InChI=1S/C20H42O/c1-6-11-13-14-15-16-17-19(21-18-12-7-2)20(8-3,9-4)10-5/h19H,6-18H2,1-5H3. The maximum Gasteiger partial charge on any atom is 0.0631 e.